The number of carbonyl (C=O) groups excluding carboxylic acids is 1. The first kappa shape index (κ1) is 12.5. The predicted octanol–water partition coefficient (Wildman–Crippen LogP) is 0.479. The first-order valence-corrected chi connectivity index (χ1v) is 5.63. The van der Waals surface area contributed by atoms with Gasteiger partial charge in [0, 0.05) is 20.1 Å². The fourth-order valence-electron chi connectivity index (χ4n) is 1.93. The molecule has 4 heteroatoms. The average molecular weight is 214 g/mol. The first-order chi connectivity index (χ1) is 7.16. The lowest BCUT2D eigenvalue weighted by molar-refractivity contribution is -0.137. The molecule has 0 aromatic rings. The molecule has 0 radical (unpaired) electrons. The van der Waals surface area contributed by atoms with Gasteiger partial charge in [0.05, 0.1) is 12.6 Å². The van der Waals surface area contributed by atoms with Gasteiger partial charge in [-0.3, -0.25) is 4.79 Å². The van der Waals surface area contributed by atoms with Crippen molar-refractivity contribution in [1.29, 1.82) is 0 Å². The molecule has 1 aliphatic rings. The summed E-state index contributed by atoms with van der Waals surface area (Å²) in [7, 11) is 3.54. The molecule has 15 heavy (non-hydrogen) atoms. The van der Waals surface area contributed by atoms with Gasteiger partial charge in [0.25, 0.3) is 0 Å². The number of ether oxygens (including phenoxy) is 1. The molecule has 1 saturated heterocycles. The molecule has 1 atom stereocenters. The highest BCUT2D eigenvalue weighted by molar-refractivity contribution is 5.79. The summed E-state index contributed by atoms with van der Waals surface area (Å²) >= 11 is 0. The van der Waals surface area contributed by atoms with Gasteiger partial charge in [0.2, 0.25) is 5.91 Å². The van der Waals surface area contributed by atoms with Gasteiger partial charge in [0.1, 0.15) is 0 Å². The van der Waals surface area contributed by atoms with E-state index in [1.54, 1.807) is 7.11 Å². The number of likely N-dealkylation sites (N-methyl/N-ethyl adjacent to an activating group) is 1. The van der Waals surface area contributed by atoms with Crippen LogP contribution in [0.15, 0.2) is 0 Å². The smallest absolute Gasteiger partial charge is 0.225 e. The van der Waals surface area contributed by atoms with Crippen LogP contribution >= 0.6 is 0 Å². The molecule has 0 aromatic carbocycles. The molecule has 0 spiro atoms. The molecule has 0 aromatic heterocycles. The van der Waals surface area contributed by atoms with Crippen molar-refractivity contribution >= 4 is 5.91 Å². The zero-order valence-electron chi connectivity index (χ0n) is 9.95. The van der Waals surface area contributed by atoms with Gasteiger partial charge in [-0.15, -0.1) is 0 Å². The number of nitrogens with zero attached hydrogens (tertiary/aromatic N) is 1. The van der Waals surface area contributed by atoms with E-state index >= 15 is 0 Å². The van der Waals surface area contributed by atoms with Crippen molar-refractivity contribution in [3.63, 3.8) is 0 Å². The topological polar surface area (TPSA) is 41.6 Å². The molecule has 1 unspecified atom stereocenters. The average Bonchev–Trinajstić information content (AvgIpc) is 2.28. The van der Waals surface area contributed by atoms with E-state index in [2.05, 4.69) is 5.32 Å². The highest BCUT2D eigenvalue weighted by Crippen LogP contribution is 2.15. The van der Waals surface area contributed by atoms with E-state index in [4.69, 9.17) is 4.74 Å². The minimum absolute atomic E-state index is 0.164. The van der Waals surface area contributed by atoms with Crippen LogP contribution in [0.1, 0.15) is 19.8 Å². The predicted molar refractivity (Wildman–Crippen MR) is 59.7 cm³/mol. The van der Waals surface area contributed by atoms with Crippen LogP contribution in [-0.4, -0.2) is 50.7 Å². The number of methoxy groups -OCH3 is 1. The lowest BCUT2D eigenvalue weighted by Crippen LogP contribution is -2.44. The van der Waals surface area contributed by atoms with E-state index in [1.165, 1.54) is 0 Å². The summed E-state index contributed by atoms with van der Waals surface area (Å²) in [5, 5.41) is 3.27. The zero-order chi connectivity index (χ0) is 11.3. The van der Waals surface area contributed by atoms with Crippen molar-refractivity contribution in [2.75, 3.05) is 33.9 Å². The molecule has 1 fully saturated rings. The maximum Gasteiger partial charge on any atom is 0.225 e. The highest BCUT2D eigenvalue weighted by Gasteiger charge is 2.26. The largest absolute Gasteiger partial charge is 0.383 e. The minimum atomic E-state index is 0.164. The second kappa shape index (κ2) is 6.08. The van der Waals surface area contributed by atoms with Gasteiger partial charge < -0.3 is 15.0 Å². The van der Waals surface area contributed by atoms with Gasteiger partial charge in [0.15, 0.2) is 0 Å². The quantitative estimate of drug-likeness (QED) is 0.740. The van der Waals surface area contributed by atoms with Crippen LogP contribution in [0, 0.1) is 5.92 Å². The third kappa shape index (κ3) is 3.47. The SMILES string of the molecule is COCC(C)N(C)C(=O)C1CCNCC1. The van der Waals surface area contributed by atoms with Crippen molar-refractivity contribution < 1.29 is 9.53 Å². The molecule has 1 N–H and O–H groups in total. The minimum Gasteiger partial charge on any atom is -0.383 e. The third-order valence-corrected chi connectivity index (χ3v) is 3.11. The van der Waals surface area contributed by atoms with Gasteiger partial charge >= 0.3 is 0 Å². The highest BCUT2D eigenvalue weighted by atomic mass is 16.5. The van der Waals surface area contributed by atoms with Crippen LogP contribution in [0.4, 0.5) is 0 Å². The lowest BCUT2D eigenvalue weighted by atomic mass is 9.96. The monoisotopic (exact) mass is 214 g/mol. The summed E-state index contributed by atoms with van der Waals surface area (Å²) in [5.74, 6) is 0.469. The molecular formula is C11H22N2O2. The summed E-state index contributed by atoms with van der Waals surface area (Å²) in [6.07, 6.45) is 1.92. The molecule has 1 amide bonds. The van der Waals surface area contributed by atoms with E-state index in [0.717, 1.165) is 25.9 Å². The Morgan fingerprint density at radius 1 is 1.53 bits per heavy atom. The number of amides is 1. The van der Waals surface area contributed by atoms with Gasteiger partial charge in [-0.1, -0.05) is 0 Å². The fourth-order valence-corrected chi connectivity index (χ4v) is 1.93. The molecule has 4 nitrogen and oxygen atoms in total. The summed E-state index contributed by atoms with van der Waals surface area (Å²) in [6.45, 7) is 4.54. The van der Waals surface area contributed by atoms with E-state index < -0.39 is 0 Å². The number of nitrogens with one attached hydrogen (secondary N) is 1. The molecule has 1 aliphatic heterocycles. The number of piperidine rings is 1. The Morgan fingerprint density at radius 2 is 2.13 bits per heavy atom. The molecule has 0 bridgehead atoms. The van der Waals surface area contributed by atoms with Crippen molar-refractivity contribution in [2.45, 2.75) is 25.8 Å². The Hall–Kier alpha value is -0.610. The molecule has 1 rings (SSSR count). The maximum absolute atomic E-state index is 12.1. The molecule has 1 heterocycles. The second-order valence-corrected chi connectivity index (χ2v) is 4.28. The van der Waals surface area contributed by atoms with Crippen molar-refractivity contribution in [2.24, 2.45) is 5.92 Å². The van der Waals surface area contributed by atoms with E-state index in [1.807, 2.05) is 18.9 Å². The number of rotatable bonds is 4. The molecule has 0 saturated carbocycles. The standard InChI is InChI=1S/C11H22N2O2/c1-9(8-15-3)13(2)11(14)10-4-6-12-7-5-10/h9-10,12H,4-8H2,1-3H3. The van der Waals surface area contributed by atoms with Gasteiger partial charge in [-0.2, -0.15) is 0 Å². The second-order valence-electron chi connectivity index (χ2n) is 4.28. The summed E-state index contributed by atoms with van der Waals surface area (Å²) in [6, 6.07) is 0.164. The summed E-state index contributed by atoms with van der Waals surface area (Å²) < 4.78 is 5.06. The first-order valence-electron chi connectivity index (χ1n) is 5.63. The Morgan fingerprint density at radius 3 is 2.67 bits per heavy atom. The molecule has 0 aliphatic carbocycles. The van der Waals surface area contributed by atoms with Gasteiger partial charge in [-0.25, -0.2) is 0 Å². The Balaban J connectivity index is 2.43. The van der Waals surface area contributed by atoms with Gasteiger partial charge in [-0.05, 0) is 32.9 Å². The zero-order valence-corrected chi connectivity index (χ0v) is 9.95. The molecule has 88 valence electrons. The van der Waals surface area contributed by atoms with Crippen molar-refractivity contribution in [3.8, 4) is 0 Å². The van der Waals surface area contributed by atoms with Crippen LogP contribution in [0.2, 0.25) is 0 Å². The Labute approximate surface area is 92.0 Å². The third-order valence-electron chi connectivity index (χ3n) is 3.11. The van der Waals surface area contributed by atoms with Crippen molar-refractivity contribution in [3.05, 3.63) is 0 Å². The van der Waals surface area contributed by atoms with Crippen LogP contribution < -0.4 is 5.32 Å². The lowest BCUT2D eigenvalue weighted by Gasteiger charge is -2.30. The number of hydrogen-bond donors (Lipinski definition) is 1. The Bertz CT molecular complexity index is 203. The molecular weight excluding hydrogens is 192 g/mol. The summed E-state index contributed by atoms with van der Waals surface area (Å²) in [4.78, 5) is 13.9. The van der Waals surface area contributed by atoms with Crippen LogP contribution in [0.25, 0.3) is 0 Å². The normalized spacial score (nSPS) is 19.9. The van der Waals surface area contributed by atoms with Crippen LogP contribution in [0.5, 0.6) is 0 Å². The van der Waals surface area contributed by atoms with Crippen molar-refractivity contribution in [1.82, 2.24) is 10.2 Å². The van der Waals surface area contributed by atoms with Crippen LogP contribution in [0.3, 0.4) is 0 Å². The van der Waals surface area contributed by atoms with E-state index in [0.29, 0.717) is 6.61 Å². The van der Waals surface area contributed by atoms with Crippen LogP contribution in [-0.2, 0) is 9.53 Å². The van der Waals surface area contributed by atoms with E-state index in [9.17, 15) is 4.79 Å². The Kier molecular flexibility index (Phi) is 5.05. The van der Waals surface area contributed by atoms with E-state index in [-0.39, 0.29) is 17.9 Å². The number of carbonyl (C=O) groups is 1. The number of hydrogen-bond acceptors (Lipinski definition) is 3. The summed E-state index contributed by atoms with van der Waals surface area (Å²) in [5.41, 5.74) is 0. The maximum atomic E-state index is 12.1. The fraction of sp³-hybridized carbons (Fsp3) is 0.909.